The van der Waals surface area contributed by atoms with E-state index in [9.17, 15) is 29.4 Å². The number of carbonyl (C=O) groups is 4. The predicted octanol–water partition coefficient (Wildman–Crippen LogP) is 8.90. The van der Waals surface area contributed by atoms with E-state index in [-0.39, 0.29) is 51.9 Å². The number of hydrogen-bond donors (Lipinski definition) is 3. The molecule has 8 heteroatoms. The Morgan fingerprint density at radius 3 is 2.29 bits per heavy atom. The van der Waals surface area contributed by atoms with Gasteiger partial charge in [-0.05, 0) is 158 Å². The van der Waals surface area contributed by atoms with Crippen LogP contribution in [-0.2, 0) is 20.9 Å². The van der Waals surface area contributed by atoms with Crippen molar-refractivity contribution in [2.75, 3.05) is 19.6 Å². The van der Waals surface area contributed by atoms with Gasteiger partial charge in [0, 0.05) is 55.9 Å². The number of aliphatic carboxylic acids is 1. The second-order valence-corrected chi connectivity index (χ2v) is 21.7. The highest BCUT2D eigenvalue weighted by Gasteiger charge is 2.63. The Kier molecular flexibility index (Phi) is 11.5. The summed E-state index contributed by atoms with van der Waals surface area (Å²) >= 11 is 0. The number of allylic oxidation sites excluding steroid dienone is 2. The van der Waals surface area contributed by atoms with Gasteiger partial charge in [-0.2, -0.15) is 0 Å². The van der Waals surface area contributed by atoms with Crippen LogP contribution in [0.5, 0.6) is 0 Å². The van der Waals surface area contributed by atoms with Crippen molar-refractivity contribution in [3.8, 4) is 0 Å². The molecule has 7 aliphatic rings. The molecule has 0 aromatic heterocycles. The lowest BCUT2D eigenvalue weighted by Crippen LogP contribution is -2.58. The molecule has 1 aliphatic heterocycles. The molecule has 1 aromatic carbocycles. The van der Waals surface area contributed by atoms with Crippen LogP contribution >= 0.6 is 0 Å². The van der Waals surface area contributed by atoms with Gasteiger partial charge in [0.1, 0.15) is 5.78 Å². The van der Waals surface area contributed by atoms with Crippen LogP contribution in [0.15, 0.2) is 35.4 Å². The van der Waals surface area contributed by atoms with Gasteiger partial charge >= 0.3 is 5.97 Å². The van der Waals surface area contributed by atoms with E-state index in [1.807, 2.05) is 19.1 Å². The van der Waals surface area contributed by atoms with Crippen LogP contribution in [0.3, 0.4) is 0 Å². The first-order valence-corrected chi connectivity index (χ1v) is 23.3. The maximum Gasteiger partial charge on any atom is 0.306 e. The standard InChI is InChI=1S/C50H72N2O6/c1-29(2)44-42(55)27-50(21-22-51-46(56)32-9-7-31(8-10-32)28-52-23-17-34(53)18-24-52)20-16-35-36-12-14-43-48(4,5)33(25-41(54)38-26-39(30(38)3)47(57)58)15-19-49(43,6)40(36)13-11-37(35)45(44)50/h7-10,29-30,33-40,43,53H,11-28H2,1-6H3,(H,51,56)(H,57,58). The van der Waals surface area contributed by atoms with Gasteiger partial charge < -0.3 is 15.5 Å². The highest BCUT2D eigenvalue weighted by atomic mass is 16.4. The Morgan fingerprint density at radius 2 is 1.62 bits per heavy atom. The van der Waals surface area contributed by atoms with Gasteiger partial charge in [0.15, 0.2) is 5.78 Å². The number of aliphatic hydroxyl groups excluding tert-OH is 1. The fourth-order valence-corrected chi connectivity index (χ4v) is 15.1. The number of amides is 1. The average molecular weight is 797 g/mol. The number of fused-ring (bicyclic) bond motifs is 7. The van der Waals surface area contributed by atoms with E-state index in [0.29, 0.717) is 78.4 Å². The molecule has 11 unspecified atom stereocenters. The van der Waals surface area contributed by atoms with Crippen LogP contribution < -0.4 is 5.32 Å². The van der Waals surface area contributed by atoms with Crippen LogP contribution in [0.4, 0.5) is 0 Å². The molecule has 3 N–H and O–H groups in total. The smallest absolute Gasteiger partial charge is 0.306 e. The Hall–Kier alpha value is -2.84. The van der Waals surface area contributed by atoms with E-state index in [1.165, 1.54) is 36.8 Å². The van der Waals surface area contributed by atoms with E-state index < -0.39 is 5.97 Å². The number of ketones is 2. The molecule has 1 amide bonds. The monoisotopic (exact) mass is 797 g/mol. The number of carbonyl (C=O) groups excluding carboxylic acids is 3. The lowest BCUT2D eigenvalue weighted by molar-refractivity contribution is -0.162. The molecule has 0 radical (unpaired) electrons. The summed E-state index contributed by atoms with van der Waals surface area (Å²) in [7, 11) is 0. The van der Waals surface area contributed by atoms with Crippen molar-refractivity contribution in [2.45, 2.75) is 144 Å². The number of carboxylic acids is 1. The molecule has 5 saturated carbocycles. The fourth-order valence-electron chi connectivity index (χ4n) is 15.1. The molecule has 1 heterocycles. The molecular formula is C50H72N2O6. The number of nitrogens with zero attached hydrogens (tertiary/aromatic N) is 1. The van der Waals surface area contributed by atoms with Crippen LogP contribution in [0.2, 0.25) is 0 Å². The van der Waals surface area contributed by atoms with Crippen molar-refractivity contribution in [1.82, 2.24) is 10.2 Å². The molecule has 11 atom stereocenters. The largest absolute Gasteiger partial charge is 0.481 e. The van der Waals surface area contributed by atoms with Crippen molar-refractivity contribution >= 4 is 23.4 Å². The number of piperidine rings is 1. The van der Waals surface area contributed by atoms with E-state index >= 15 is 0 Å². The van der Waals surface area contributed by atoms with E-state index in [4.69, 9.17) is 0 Å². The maximum atomic E-state index is 14.0. The summed E-state index contributed by atoms with van der Waals surface area (Å²) in [5.41, 5.74) is 4.59. The minimum absolute atomic E-state index is 0.0476. The van der Waals surface area contributed by atoms with Crippen molar-refractivity contribution < 1.29 is 29.4 Å². The molecule has 8 nitrogen and oxygen atoms in total. The summed E-state index contributed by atoms with van der Waals surface area (Å²) in [6, 6.07) is 7.98. The zero-order valence-electron chi connectivity index (χ0n) is 36.4. The fraction of sp³-hybridized carbons (Fsp3) is 0.760. The number of hydrogen-bond acceptors (Lipinski definition) is 6. The van der Waals surface area contributed by atoms with E-state index in [2.05, 4.69) is 57.0 Å². The van der Waals surface area contributed by atoms with E-state index in [0.717, 1.165) is 70.2 Å². The Labute approximate surface area is 347 Å². The SMILES string of the molecule is CC(C)C1=C2C3CCC4C(CCC5C(C)(C)C(CC(=O)C6CC(C(=O)O)C6C)CCC45C)C3CCC2(CCNC(=O)c2ccc(CN3CCC(O)CC3)cc2)CC1=O. The normalized spacial score (nSPS) is 38.6. The minimum atomic E-state index is -0.759. The Bertz CT molecular complexity index is 1790. The zero-order chi connectivity index (χ0) is 41.3. The third-order valence-electron chi connectivity index (χ3n) is 18.4. The number of rotatable bonds is 11. The Balaban J connectivity index is 0.922. The summed E-state index contributed by atoms with van der Waals surface area (Å²) in [4.78, 5) is 55.0. The lowest BCUT2D eigenvalue weighted by Gasteiger charge is -2.65. The molecule has 0 bridgehead atoms. The van der Waals surface area contributed by atoms with Gasteiger partial charge in [-0.1, -0.05) is 59.2 Å². The molecule has 6 fully saturated rings. The van der Waals surface area contributed by atoms with Gasteiger partial charge in [0.2, 0.25) is 0 Å². The highest BCUT2D eigenvalue weighted by molar-refractivity contribution is 6.00. The summed E-state index contributed by atoms with van der Waals surface area (Å²) in [5, 5.41) is 22.6. The van der Waals surface area contributed by atoms with Gasteiger partial charge in [-0.25, -0.2) is 0 Å². The van der Waals surface area contributed by atoms with Gasteiger partial charge in [-0.15, -0.1) is 0 Å². The van der Waals surface area contributed by atoms with Crippen LogP contribution in [-0.4, -0.2) is 64.3 Å². The number of carboxylic acid groups (broad SMARTS) is 1. The number of aliphatic hydroxyl groups is 1. The molecule has 8 rings (SSSR count). The number of Topliss-reactive ketones (excluding diaryl/α,β-unsaturated/α-hetero) is 2. The topological polar surface area (TPSA) is 124 Å². The third kappa shape index (κ3) is 7.26. The third-order valence-corrected chi connectivity index (χ3v) is 18.4. The molecule has 318 valence electrons. The molecular weight excluding hydrogens is 725 g/mol. The first kappa shape index (κ1) is 41.9. The zero-order valence-corrected chi connectivity index (χ0v) is 36.4. The Morgan fingerprint density at radius 1 is 0.897 bits per heavy atom. The second kappa shape index (κ2) is 15.9. The van der Waals surface area contributed by atoms with E-state index in [1.54, 1.807) is 0 Å². The molecule has 58 heavy (non-hydrogen) atoms. The molecule has 1 aromatic rings. The molecule has 6 aliphatic carbocycles. The highest BCUT2D eigenvalue weighted by Crippen LogP contribution is 2.70. The quantitative estimate of drug-likeness (QED) is 0.204. The van der Waals surface area contributed by atoms with Crippen molar-refractivity contribution in [3.63, 3.8) is 0 Å². The second-order valence-electron chi connectivity index (χ2n) is 21.7. The first-order valence-electron chi connectivity index (χ1n) is 23.3. The molecule has 0 spiro atoms. The number of benzene rings is 1. The summed E-state index contributed by atoms with van der Waals surface area (Å²) < 4.78 is 0. The predicted molar refractivity (Wildman–Crippen MR) is 226 cm³/mol. The summed E-state index contributed by atoms with van der Waals surface area (Å²) in [5.74, 6) is 2.82. The summed E-state index contributed by atoms with van der Waals surface area (Å²) in [6.45, 7) is 17.1. The van der Waals surface area contributed by atoms with Crippen molar-refractivity contribution in [2.24, 2.45) is 75.4 Å². The van der Waals surface area contributed by atoms with Gasteiger partial charge in [-0.3, -0.25) is 24.1 Å². The average Bonchev–Trinajstić information content (AvgIpc) is 3.48. The van der Waals surface area contributed by atoms with Crippen molar-refractivity contribution in [1.29, 1.82) is 0 Å². The number of nitrogens with one attached hydrogen (secondary N) is 1. The lowest BCUT2D eigenvalue weighted by atomic mass is 9.39. The maximum absolute atomic E-state index is 14.0. The van der Waals surface area contributed by atoms with Crippen LogP contribution in [0.1, 0.15) is 147 Å². The minimum Gasteiger partial charge on any atom is -0.481 e. The molecule has 1 saturated heterocycles. The number of likely N-dealkylation sites (tertiary alicyclic amines) is 1. The first-order chi connectivity index (χ1) is 27.5. The van der Waals surface area contributed by atoms with Gasteiger partial charge in [0.05, 0.1) is 12.0 Å². The summed E-state index contributed by atoms with van der Waals surface area (Å²) in [6.07, 6.45) is 13.2. The van der Waals surface area contributed by atoms with Crippen molar-refractivity contribution in [3.05, 3.63) is 46.5 Å². The van der Waals surface area contributed by atoms with Gasteiger partial charge in [0.25, 0.3) is 5.91 Å². The van der Waals surface area contributed by atoms with Crippen LogP contribution in [0.25, 0.3) is 0 Å². The van der Waals surface area contributed by atoms with Crippen LogP contribution in [0, 0.1) is 75.4 Å².